The average Bonchev–Trinajstić information content (AvgIpc) is 3.74. The summed E-state index contributed by atoms with van der Waals surface area (Å²) in [5.41, 5.74) is 8.40. The van der Waals surface area contributed by atoms with Gasteiger partial charge in [-0.05, 0) is 46.5 Å². The summed E-state index contributed by atoms with van der Waals surface area (Å²) >= 11 is 1.71. The third kappa shape index (κ3) is 4.69. The minimum atomic E-state index is 0.564. The van der Waals surface area contributed by atoms with Gasteiger partial charge < -0.3 is 0 Å². The number of nitrogens with zero attached hydrogens (tertiary/aromatic N) is 5. The Kier molecular flexibility index (Phi) is 6.60. The zero-order valence-electron chi connectivity index (χ0n) is 26.7. The average molecular weight is 658 g/mol. The number of benzene rings is 6. The second kappa shape index (κ2) is 11.6. The van der Waals surface area contributed by atoms with Crippen molar-refractivity contribution in [3.05, 3.63) is 164 Å². The number of para-hydroxylation sites is 1. The van der Waals surface area contributed by atoms with E-state index in [1.807, 2.05) is 18.3 Å². The van der Waals surface area contributed by atoms with Crippen LogP contribution < -0.4 is 0 Å². The van der Waals surface area contributed by atoms with E-state index in [1.165, 1.54) is 10.1 Å². The highest BCUT2D eigenvalue weighted by Gasteiger charge is 2.22. The second-order valence-electron chi connectivity index (χ2n) is 12.3. The fourth-order valence-corrected chi connectivity index (χ4v) is 8.03. The molecule has 0 spiro atoms. The third-order valence-corrected chi connectivity index (χ3v) is 10.4. The summed E-state index contributed by atoms with van der Waals surface area (Å²) in [4.78, 5) is 21.7. The molecule has 0 radical (unpaired) electrons. The molecule has 5 nitrogen and oxygen atoms in total. The maximum atomic E-state index is 5.28. The van der Waals surface area contributed by atoms with E-state index in [9.17, 15) is 0 Å². The first kappa shape index (κ1) is 28.5. The van der Waals surface area contributed by atoms with Crippen molar-refractivity contribution in [2.75, 3.05) is 0 Å². The van der Waals surface area contributed by atoms with E-state index in [0.29, 0.717) is 17.6 Å². The molecule has 0 unspecified atom stereocenters. The van der Waals surface area contributed by atoms with E-state index < -0.39 is 0 Å². The predicted octanol–water partition coefficient (Wildman–Crippen LogP) is 11.4. The molecule has 4 heterocycles. The van der Waals surface area contributed by atoms with Gasteiger partial charge in [0.1, 0.15) is 4.83 Å². The SMILES string of the molecule is c1ccc(-c2cccc(-c3nc(-c4cccc(-c5ccccc5)c4)nc(-n4c5ccccc5c5cnc6sc7ccccc7c6c54)n3)c2)cc1. The molecule has 234 valence electrons. The summed E-state index contributed by atoms with van der Waals surface area (Å²) in [6.45, 7) is 0. The topological polar surface area (TPSA) is 56.5 Å². The van der Waals surface area contributed by atoms with Crippen molar-refractivity contribution in [2.45, 2.75) is 0 Å². The van der Waals surface area contributed by atoms with Crippen LogP contribution in [-0.4, -0.2) is 24.5 Å². The van der Waals surface area contributed by atoms with Gasteiger partial charge in [0, 0.05) is 43.6 Å². The van der Waals surface area contributed by atoms with Gasteiger partial charge in [0.15, 0.2) is 11.6 Å². The second-order valence-corrected chi connectivity index (χ2v) is 13.4. The van der Waals surface area contributed by atoms with E-state index in [2.05, 4.69) is 150 Å². The van der Waals surface area contributed by atoms with E-state index in [0.717, 1.165) is 65.4 Å². The van der Waals surface area contributed by atoms with Crippen LogP contribution in [0.25, 0.3) is 93.1 Å². The summed E-state index contributed by atoms with van der Waals surface area (Å²) in [6, 6.07) is 54.7. The lowest BCUT2D eigenvalue weighted by molar-refractivity contribution is 0.955. The van der Waals surface area contributed by atoms with Crippen molar-refractivity contribution >= 4 is 53.4 Å². The van der Waals surface area contributed by atoms with Crippen LogP contribution in [0.15, 0.2) is 164 Å². The van der Waals surface area contributed by atoms with Crippen molar-refractivity contribution < 1.29 is 0 Å². The minimum Gasteiger partial charge on any atom is -0.277 e. The van der Waals surface area contributed by atoms with E-state index >= 15 is 0 Å². The lowest BCUT2D eigenvalue weighted by atomic mass is 10.0. The zero-order chi connectivity index (χ0) is 33.0. The monoisotopic (exact) mass is 657 g/mol. The van der Waals surface area contributed by atoms with Gasteiger partial charge in [0.05, 0.1) is 11.0 Å². The van der Waals surface area contributed by atoms with Crippen molar-refractivity contribution in [2.24, 2.45) is 0 Å². The molecule has 6 heteroatoms. The molecule has 0 bridgehead atoms. The van der Waals surface area contributed by atoms with E-state index in [1.54, 1.807) is 11.3 Å². The Morgan fingerprint density at radius 1 is 0.440 bits per heavy atom. The highest BCUT2D eigenvalue weighted by molar-refractivity contribution is 7.25. The maximum absolute atomic E-state index is 5.28. The molecule has 0 aliphatic carbocycles. The van der Waals surface area contributed by atoms with E-state index in [-0.39, 0.29) is 0 Å². The molecule has 0 amide bonds. The molecule has 4 aromatic heterocycles. The minimum absolute atomic E-state index is 0.564. The highest BCUT2D eigenvalue weighted by atomic mass is 32.1. The molecule has 0 atom stereocenters. The number of aromatic nitrogens is 5. The van der Waals surface area contributed by atoms with Gasteiger partial charge in [-0.3, -0.25) is 4.57 Å². The quantitative estimate of drug-likeness (QED) is 0.185. The Bertz CT molecular complexity index is 2770. The third-order valence-electron chi connectivity index (χ3n) is 9.32. The fourth-order valence-electron chi connectivity index (χ4n) is 6.99. The predicted molar refractivity (Wildman–Crippen MR) is 207 cm³/mol. The summed E-state index contributed by atoms with van der Waals surface area (Å²) in [5, 5.41) is 4.46. The number of pyridine rings is 1. The Morgan fingerprint density at radius 3 is 1.64 bits per heavy atom. The Hall–Kier alpha value is -6.50. The van der Waals surface area contributed by atoms with Gasteiger partial charge in [-0.1, -0.05) is 133 Å². The summed E-state index contributed by atoms with van der Waals surface area (Å²) in [5.74, 6) is 1.79. The zero-order valence-corrected chi connectivity index (χ0v) is 27.5. The van der Waals surface area contributed by atoms with Crippen molar-refractivity contribution in [3.63, 3.8) is 0 Å². The van der Waals surface area contributed by atoms with Gasteiger partial charge >= 0.3 is 0 Å². The highest BCUT2D eigenvalue weighted by Crippen LogP contribution is 2.42. The first-order valence-electron chi connectivity index (χ1n) is 16.6. The van der Waals surface area contributed by atoms with Crippen LogP contribution >= 0.6 is 11.3 Å². The van der Waals surface area contributed by atoms with Gasteiger partial charge in [-0.2, -0.15) is 9.97 Å². The molecule has 0 aliphatic rings. The van der Waals surface area contributed by atoms with E-state index in [4.69, 9.17) is 19.9 Å². The summed E-state index contributed by atoms with van der Waals surface area (Å²) in [7, 11) is 0. The van der Waals surface area contributed by atoms with Crippen LogP contribution in [0.2, 0.25) is 0 Å². The van der Waals surface area contributed by atoms with Crippen LogP contribution in [-0.2, 0) is 0 Å². The molecule has 6 aromatic carbocycles. The number of rotatable bonds is 5. The van der Waals surface area contributed by atoms with Crippen molar-refractivity contribution in [1.82, 2.24) is 24.5 Å². The largest absolute Gasteiger partial charge is 0.277 e. The van der Waals surface area contributed by atoms with Crippen molar-refractivity contribution in [3.8, 4) is 51.0 Å². The molecule has 0 saturated carbocycles. The van der Waals surface area contributed by atoms with Gasteiger partial charge in [0.2, 0.25) is 5.95 Å². The Labute approximate surface area is 291 Å². The number of hydrogen-bond donors (Lipinski definition) is 0. The number of hydrogen-bond acceptors (Lipinski definition) is 5. The molecule has 0 saturated heterocycles. The lowest BCUT2D eigenvalue weighted by Crippen LogP contribution is -2.06. The van der Waals surface area contributed by atoms with Gasteiger partial charge in [-0.25, -0.2) is 9.97 Å². The Morgan fingerprint density at radius 2 is 0.980 bits per heavy atom. The van der Waals surface area contributed by atoms with Gasteiger partial charge in [0.25, 0.3) is 0 Å². The molecular formula is C44H27N5S. The van der Waals surface area contributed by atoms with Crippen LogP contribution in [0.3, 0.4) is 0 Å². The molecule has 10 aromatic rings. The molecule has 10 rings (SSSR count). The molecule has 0 fully saturated rings. The molecular weight excluding hydrogens is 631 g/mol. The standard InChI is InChI=1S/C44H27N5S/c1-3-13-28(14-4-1)30-17-11-19-32(25-30)41-46-42(33-20-12-18-31(26-33)29-15-5-2-6-16-29)48-44(47-41)49-37-23-9-7-21-34(37)36-27-45-43-39(40(36)49)35-22-8-10-24-38(35)50-43/h1-27H. The maximum Gasteiger partial charge on any atom is 0.238 e. The summed E-state index contributed by atoms with van der Waals surface area (Å²) in [6.07, 6.45) is 2.00. The molecule has 0 aliphatic heterocycles. The fraction of sp³-hybridized carbons (Fsp3) is 0. The smallest absolute Gasteiger partial charge is 0.238 e. The van der Waals surface area contributed by atoms with Crippen LogP contribution in [0.5, 0.6) is 0 Å². The normalized spacial score (nSPS) is 11.6. The first-order valence-corrected chi connectivity index (χ1v) is 17.4. The van der Waals surface area contributed by atoms with Crippen LogP contribution in [0.4, 0.5) is 0 Å². The van der Waals surface area contributed by atoms with Crippen molar-refractivity contribution in [1.29, 1.82) is 0 Å². The number of fused-ring (bicyclic) bond motifs is 7. The molecule has 50 heavy (non-hydrogen) atoms. The number of thiophene rings is 1. The van der Waals surface area contributed by atoms with Gasteiger partial charge in [-0.15, -0.1) is 11.3 Å². The Balaban J connectivity index is 1.28. The summed E-state index contributed by atoms with van der Waals surface area (Å²) < 4.78 is 3.41. The first-order chi connectivity index (χ1) is 24.8. The van der Waals surface area contributed by atoms with Crippen LogP contribution in [0, 0.1) is 0 Å². The molecule has 0 N–H and O–H groups in total. The van der Waals surface area contributed by atoms with Crippen LogP contribution in [0.1, 0.15) is 0 Å². The lowest BCUT2D eigenvalue weighted by Gasteiger charge is -2.12.